The number of halogens is 1. The Bertz CT molecular complexity index is 370. The van der Waals surface area contributed by atoms with E-state index in [9.17, 15) is 9.50 Å². The summed E-state index contributed by atoms with van der Waals surface area (Å²) in [6.07, 6.45) is 0.571. The largest absolute Gasteiger partial charge is 0.392 e. The summed E-state index contributed by atoms with van der Waals surface area (Å²) in [5.74, 6) is -0.238. The van der Waals surface area contributed by atoms with Gasteiger partial charge in [-0.15, -0.1) is 0 Å². The molecule has 1 atom stereocenters. The number of hydrogen-bond acceptors (Lipinski definition) is 3. The van der Waals surface area contributed by atoms with E-state index in [-0.39, 0.29) is 11.9 Å². The van der Waals surface area contributed by atoms with Crippen LogP contribution in [0.15, 0.2) is 18.2 Å². The normalized spacial score (nSPS) is 21.6. The number of nitrogens with zero attached hydrogens (tertiary/aromatic N) is 1. The van der Waals surface area contributed by atoms with Crippen molar-refractivity contribution in [3.05, 3.63) is 35.1 Å². The third-order valence-corrected chi connectivity index (χ3v) is 2.91. The van der Waals surface area contributed by atoms with E-state index in [1.807, 2.05) is 6.07 Å². The molecule has 0 aliphatic carbocycles. The standard InChI is InChI=1S/C12H17FN2O/c13-11-4-9(6-14)3-10(5-11)7-15-2-1-12(16)8-15/h3-5,12,16H,1-2,6-8,14H2. The van der Waals surface area contributed by atoms with Gasteiger partial charge in [0.05, 0.1) is 6.10 Å². The number of benzene rings is 1. The molecule has 1 aromatic carbocycles. The first-order valence-corrected chi connectivity index (χ1v) is 5.56. The van der Waals surface area contributed by atoms with Gasteiger partial charge >= 0.3 is 0 Å². The van der Waals surface area contributed by atoms with Gasteiger partial charge in [-0.1, -0.05) is 6.07 Å². The van der Waals surface area contributed by atoms with Crippen LogP contribution in [0.1, 0.15) is 17.5 Å². The van der Waals surface area contributed by atoms with Crippen molar-refractivity contribution in [2.45, 2.75) is 25.6 Å². The third kappa shape index (κ3) is 2.78. The molecule has 1 aliphatic heterocycles. The summed E-state index contributed by atoms with van der Waals surface area (Å²) < 4.78 is 13.2. The van der Waals surface area contributed by atoms with Gasteiger partial charge < -0.3 is 10.8 Å². The molecule has 1 heterocycles. The summed E-state index contributed by atoms with van der Waals surface area (Å²) in [5, 5.41) is 9.40. The molecule has 4 heteroatoms. The third-order valence-electron chi connectivity index (χ3n) is 2.91. The molecule has 1 aromatic rings. The first-order valence-electron chi connectivity index (χ1n) is 5.56. The Morgan fingerprint density at radius 3 is 2.75 bits per heavy atom. The lowest BCUT2D eigenvalue weighted by Crippen LogP contribution is -2.21. The van der Waals surface area contributed by atoms with Crippen molar-refractivity contribution in [1.82, 2.24) is 4.90 Å². The summed E-state index contributed by atoms with van der Waals surface area (Å²) in [6.45, 7) is 2.58. The summed E-state index contributed by atoms with van der Waals surface area (Å²) in [7, 11) is 0. The minimum absolute atomic E-state index is 0.234. The number of nitrogens with two attached hydrogens (primary N) is 1. The number of likely N-dealkylation sites (tertiary alicyclic amines) is 1. The van der Waals surface area contributed by atoms with E-state index in [1.165, 1.54) is 12.1 Å². The highest BCUT2D eigenvalue weighted by Gasteiger charge is 2.20. The molecule has 3 nitrogen and oxygen atoms in total. The number of aliphatic hydroxyl groups is 1. The molecule has 0 spiro atoms. The predicted molar refractivity (Wildman–Crippen MR) is 60.2 cm³/mol. The first kappa shape index (κ1) is 11.5. The predicted octanol–water partition coefficient (Wildman–Crippen LogP) is 0.851. The quantitative estimate of drug-likeness (QED) is 0.800. The van der Waals surface area contributed by atoms with Crippen LogP contribution in [-0.2, 0) is 13.1 Å². The minimum atomic E-state index is -0.238. The zero-order valence-electron chi connectivity index (χ0n) is 9.19. The van der Waals surface area contributed by atoms with Crippen LogP contribution in [0.3, 0.4) is 0 Å². The van der Waals surface area contributed by atoms with Gasteiger partial charge in [-0.05, 0) is 29.7 Å². The maximum absolute atomic E-state index is 13.2. The molecule has 0 bridgehead atoms. The van der Waals surface area contributed by atoms with Crippen molar-refractivity contribution >= 4 is 0 Å². The Morgan fingerprint density at radius 2 is 2.12 bits per heavy atom. The topological polar surface area (TPSA) is 49.5 Å². The molecular weight excluding hydrogens is 207 g/mol. The summed E-state index contributed by atoms with van der Waals surface area (Å²) in [4.78, 5) is 2.12. The van der Waals surface area contributed by atoms with E-state index < -0.39 is 0 Å². The van der Waals surface area contributed by atoms with Crippen LogP contribution in [0.4, 0.5) is 4.39 Å². The maximum atomic E-state index is 13.2. The van der Waals surface area contributed by atoms with Crippen LogP contribution in [0, 0.1) is 5.82 Å². The highest BCUT2D eigenvalue weighted by Crippen LogP contribution is 2.15. The van der Waals surface area contributed by atoms with Gasteiger partial charge in [0.25, 0.3) is 0 Å². The zero-order chi connectivity index (χ0) is 11.5. The molecule has 0 aromatic heterocycles. The minimum Gasteiger partial charge on any atom is -0.392 e. The van der Waals surface area contributed by atoms with Gasteiger partial charge in [-0.2, -0.15) is 0 Å². The molecule has 1 aliphatic rings. The van der Waals surface area contributed by atoms with Gasteiger partial charge in [-0.25, -0.2) is 4.39 Å². The number of β-amino-alcohol motifs (C(OH)–C–C–N with tert-alkyl or cyclic N) is 1. The Labute approximate surface area is 94.7 Å². The van der Waals surface area contributed by atoms with E-state index in [4.69, 9.17) is 5.73 Å². The second kappa shape index (κ2) is 4.91. The lowest BCUT2D eigenvalue weighted by Gasteiger charge is -2.15. The van der Waals surface area contributed by atoms with Gasteiger partial charge in [0.15, 0.2) is 0 Å². The second-order valence-corrected chi connectivity index (χ2v) is 4.35. The van der Waals surface area contributed by atoms with Gasteiger partial charge in [0.1, 0.15) is 5.82 Å². The lowest BCUT2D eigenvalue weighted by molar-refractivity contribution is 0.175. The molecule has 3 N–H and O–H groups in total. The smallest absolute Gasteiger partial charge is 0.123 e. The van der Waals surface area contributed by atoms with Crippen LogP contribution < -0.4 is 5.73 Å². The van der Waals surface area contributed by atoms with Gasteiger partial charge in [0, 0.05) is 26.2 Å². The molecule has 0 amide bonds. The van der Waals surface area contributed by atoms with E-state index in [1.54, 1.807) is 0 Å². The molecule has 16 heavy (non-hydrogen) atoms. The Balaban J connectivity index is 2.06. The van der Waals surface area contributed by atoms with E-state index in [0.29, 0.717) is 19.6 Å². The van der Waals surface area contributed by atoms with Crippen LogP contribution in [0.2, 0.25) is 0 Å². The van der Waals surface area contributed by atoms with Crippen molar-refractivity contribution in [2.75, 3.05) is 13.1 Å². The number of hydrogen-bond donors (Lipinski definition) is 2. The molecule has 0 saturated carbocycles. The highest BCUT2D eigenvalue weighted by molar-refractivity contribution is 5.24. The van der Waals surface area contributed by atoms with Crippen LogP contribution in [0.25, 0.3) is 0 Å². The van der Waals surface area contributed by atoms with Crippen LogP contribution >= 0.6 is 0 Å². The molecule has 1 unspecified atom stereocenters. The highest BCUT2D eigenvalue weighted by atomic mass is 19.1. The fourth-order valence-corrected chi connectivity index (χ4v) is 2.14. The van der Waals surface area contributed by atoms with Crippen molar-refractivity contribution in [3.63, 3.8) is 0 Å². The first-order chi connectivity index (χ1) is 7.67. The summed E-state index contributed by atoms with van der Waals surface area (Å²) in [5.41, 5.74) is 7.24. The van der Waals surface area contributed by atoms with Crippen molar-refractivity contribution in [1.29, 1.82) is 0 Å². The van der Waals surface area contributed by atoms with E-state index >= 15 is 0 Å². The average Bonchev–Trinajstić information content (AvgIpc) is 2.63. The molecule has 1 saturated heterocycles. The lowest BCUT2D eigenvalue weighted by atomic mass is 10.1. The molecule has 2 rings (SSSR count). The van der Waals surface area contributed by atoms with Gasteiger partial charge in [0.2, 0.25) is 0 Å². The number of rotatable bonds is 3. The Hall–Kier alpha value is -0.970. The number of aliphatic hydroxyl groups excluding tert-OH is 1. The van der Waals surface area contributed by atoms with E-state index in [2.05, 4.69) is 4.90 Å². The SMILES string of the molecule is NCc1cc(F)cc(CN2CCC(O)C2)c1. The van der Waals surface area contributed by atoms with E-state index in [0.717, 1.165) is 24.1 Å². The molecule has 1 fully saturated rings. The fourth-order valence-electron chi connectivity index (χ4n) is 2.14. The fraction of sp³-hybridized carbons (Fsp3) is 0.500. The summed E-state index contributed by atoms with van der Waals surface area (Å²) in [6, 6.07) is 4.92. The van der Waals surface area contributed by atoms with Crippen molar-refractivity contribution in [2.24, 2.45) is 5.73 Å². The van der Waals surface area contributed by atoms with Crippen molar-refractivity contribution in [3.8, 4) is 0 Å². The van der Waals surface area contributed by atoms with Crippen LogP contribution in [0.5, 0.6) is 0 Å². The molecule has 88 valence electrons. The zero-order valence-corrected chi connectivity index (χ0v) is 9.19. The maximum Gasteiger partial charge on any atom is 0.123 e. The monoisotopic (exact) mass is 224 g/mol. The Morgan fingerprint density at radius 1 is 1.38 bits per heavy atom. The molecular formula is C12H17FN2O. The second-order valence-electron chi connectivity index (χ2n) is 4.35. The Kier molecular flexibility index (Phi) is 3.53. The van der Waals surface area contributed by atoms with Gasteiger partial charge in [-0.3, -0.25) is 4.90 Å². The van der Waals surface area contributed by atoms with Crippen molar-refractivity contribution < 1.29 is 9.50 Å². The molecule has 0 radical (unpaired) electrons. The summed E-state index contributed by atoms with van der Waals surface area (Å²) >= 11 is 0. The average molecular weight is 224 g/mol. The van der Waals surface area contributed by atoms with Crippen LogP contribution in [-0.4, -0.2) is 29.2 Å².